The summed E-state index contributed by atoms with van der Waals surface area (Å²) in [4.78, 5) is 4.47. The van der Waals surface area contributed by atoms with E-state index >= 15 is 0 Å². The van der Waals surface area contributed by atoms with E-state index in [9.17, 15) is 0 Å². The average Bonchev–Trinajstić information content (AvgIpc) is 2.35. The molecule has 0 aliphatic heterocycles. The molecule has 1 aromatic heterocycles. The lowest BCUT2D eigenvalue weighted by Crippen LogP contribution is -2.01. The van der Waals surface area contributed by atoms with Gasteiger partial charge in [-0.2, -0.15) is 0 Å². The molecule has 1 aromatic carbocycles. The molecule has 0 fully saturated rings. The third-order valence-corrected chi connectivity index (χ3v) is 3.41. The highest BCUT2D eigenvalue weighted by Gasteiger charge is 2.00. The summed E-state index contributed by atoms with van der Waals surface area (Å²) in [6.07, 6.45) is 0. The number of aromatic nitrogens is 1. The number of halogens is 1. The Hall–Kier alpha value is -1.55. The molecule has 0 saturated carbocycles. The third-order valence-electron chi connectivity index (χ3n) is 2.55. The van der Waals surface area contributed by atoms with Gasteiger partial charge >= 0.3 is 0 Å². The van der Waals surface area contributed by atoms with Crippen LogP contribution in [0.25, 0.3) is 0 Å². The smallest absolute Gasteiger partial charge is 0.132 e. The van der Waals surface area contributed by atoms with E-state index in [1.54, 1.807) is 0 Å². The summed E-state index contributed by atoms with van der Waals surface area (Å²) in [7, 11) is 0. The van der Waals surface area contributed by atoms with Crippen molar-refractivity contribution in [3.63, 3.8) is 0 Å². The van der Waals surface area contributed by atoms with Crippen LogP contribution >= 0.6 is 15.9 Å². The molecule has 0 aliphatic carbocycles. The minimum absolute atomic E-state index is 0.837. The standard InChI is InChI=1S/C14H16BrN3/c1-3-16-13-5-4-6-14(18-13)17-11-8-7-10(2)12(15)9-11/h4-9H,3H2,1-2H3,(H2,16,17,18). The van der Waals surface area contributed by atoms with Crippen LogP contribution in [0.5, 0.6) is 0 Å². The molecule has 0 aliphatic rings. The molecule has 2 rings (SSSR count). The normalized spacial score (nSPS) is 10.2. The molecule has 94 valence electrons. The predicted molar refractivity (Wildman–Crippen MR) is 80.6 cm³/mol. The second-order valence-corrected chi connectivity index (χ2v) is 4.88. The molecule has 0 atom stereocenters. The third kappa shape index (κ3) is 3.23. The minimum Gasteiger partial charge on any atom is -0.370 e. The van der Waals surface area contributed by atoms with Gasteiger partial charge in [0.1, 0.15) is 11.6 Å². The lowest BCUT2D eigenvalue weighted by molar-refractivity contribution is 1.16. The molecule has 18 heavy (non-hydrogen) atoms. The summed E-state index contributed by atoms with van der Waals surface area (Å²) >= 11 is 3.53. The first-order chi connectivity index (χ1) is 8.69. The van der Waals surface area contributed by atoms with Gasteiger partial charge in [0.25, 0.3) is 0 Å². The Labute approximate surface area is 116 Å². The van der Waals surface area contributed by atoms with Gasteiger partial charge in [-0.25, -0.2) is 4.98 Å². The quantitative estimate of drug-likeness (QED) is 0.883. The fraction of sp³-hybridized carbons (Fsp3) is 0.214. The molecule has 0 spiro atoms. The van der Waals surface area contributed by atoms with Crippen molar-refractivity contribution in [2.45, 2.75) is 13.8 Å². The van der Waals surface area contributed by atoms with Crippen LogP contribution in [0.4, 0.5) is 17.3 Å². The van der Waals surface area contributed by atoms with Crippen molar-refractivity contribution in [3.8, 4) is 0 Å². The number of nitrogens with zero attached hydrogens (tertiary/aromatic N) is 1. The maximum absolute atomic E-state index is 4.47. The van der Waals surface area contributed by atoms with Crippen LogP contribution in [-0.2, 0) is 0 Å². The number of hydrogen-bond donors (Lipinski definition) is 2. The highest BCUT2D eigenvalue weighted by Crippen LogP contribution is 2.23. The molecular formula is C14H16BrN3. The molecule has 0 radical (unpaired) electrons. The van der Waals surface area contributed by atoms with Gasteiger partial charge in [0.15, 0.2) is 0 Å². The Morgan fingerprint density at radius 3 is 2.67 bits per heavy atom. The van der Waals surface area contributed by atoms with E-state index in [2.05, 4.69) is 57.5 Å². The zero-order chi connectivity index (χ0) is 13.0. The van der Waals surface area contributed by atoms with E-state index in [4.69, 9.17) is 0 Å². The van der Waals surface area contributed by atoms with Crippen LogP contribution in [0.1, 0.15) is 12.5 Å². The predicted octanol–water partition coefficient (Wildman–Crippen LogP) is 4.33. The Kier molecular flexibility index (Phi) is 4.20. The second kappa shape index (κ2) is 5.87. The fourth-order valence-electron chi connectivity index (χ4n) is 1.60. The first-order valence-corrected chi connectivity index (χ1v) is 6.72. The van der Waals surface area contributed by atoms with Crippen molar-refractivity contribution in [1.82, 2.24) is 4.98 Å². The Bertz CT molecular complexity index is 540. The van der Waals surface area contributed by atoms with Crippen LogP contribution in [0, 0.1) is 6.92 Å². The summed E-state index contributed by atoms with van der Waals surface area (Å²) in [5.41, 5.74) is 2.24. The topological polar surface area (TPSA) is 37.0 Å². The molecule has 0 bridgehead atoms. The molecule has 1 heterocycles. The number of benzene rings is 1. The van der Waals surface area contributed by atoms with Gasteiger partial charge in [0.2, 0.25) is 0 Å². The van der Waals surface area contributed by atoms with E-state index < -0.39 is 0 Å². The summed E-state index contributed by atoms with van der Waals surface area (Å²) < 4.78 is 1.09. The number of nitrogens with one attached hydrogen (secondary N) is 2. The van der Waals surface area contributed by atoms with Crippen LogP contribution in [0.3, 0.4) is 0 Å². The average molecular weight is 306 g/mol. The van der Waals surface area contributed by atoms with E-state index in [1.165, 1.54) is 5.56 Å². The zero-order valence-electron chi connectivity index (χ0n) is 10.5. The SMILES string of the molecule is CCNc1cccc(Nc2ccc(C)c(Br)c2)n1. The molecule has 4 heteroatoms. The van der Waals surface area contributed by atoms with E-state index in [1.807, 2.05) is 24.3 Å². The monoisotopic (exact) mass is 305 g/mol. The lowest BCUT2D eigenvalue weighted by Gasteiger charge is -2.09. The first-order valence-electron chi connectivity index (χ1n) is 5.93. The zero-order valence-corrected chi connectivity index (χ0v) is 12.1. The lowest BCUT2D eigenvalue weighted by atomic mass is 10.2. The molecule has 0 amide bonds. The largest absolute Gasteiger partial charge is 0.370 e. The minimum atomic E-state index is 0.837. The van der Waals surface area contributed by atoms with E-state index in [-0.39, 0.29) is 0 Å². The summed E-state index contributed by atoms with van der Waals surface area (Å²) in [6, 6.07) is 12.1. The van der Waals surface area contributed by atoms with Crippen LogP contribution in [0.2, 0.25) is 0 Å². The fourth-order valence-corrected chi connectivity index (χ4v) is 1.98. The van der Waals surface area contributed by atoms with Crippen LogP contribution in [0.15, 0.2) is 40.9 Å². The second-order valence-electron chi connectivity index (χ2n) is 4.03. The van der Waals surface area contributed by atoms with Gasteiger partial charge in [-0.1, -0.05) is 28.1 Å². The first kappa shape index (κ1) is 12.9. The van der Waals surface area contributed by atoms with Crippen LogP contribution < -0.4 is 10.6 Å². The van der Waals surface area contributed by atoms with Crippen molar-refractivity contribution < 1.29 is 0 Å². The van der Waals surface area contributed by atoms with E-state index in [0.29, 0.717) is 0 Å². The highest BCUT2D eigenvalue weighted by atomic mass is 79.9. The number of pyridine rings is 1. The molecule has 0 unspecified atom stereocenters. The maximum Gasteiger partial charge on any atom is 0.132 e. The van der Waals surface area contributed by atoms with Crippen molar-refractivity contribution in [1.29, 1.82) is 0 Å². The molecule has 2 N–H and O–H groups in total. The number of anilines is 3. The number of rotatable bonds is 4. The van der Waals surface area contributed by atoms with Gasteiger partial charge in [-0.05, 0) is 43.7 Å². The van der Waals surface area contributed by atoms with Gasteiger partial charge in [-0.15, -0.1) is 0 Å². The summed E-state index contributed by atoms with van der Waals surface area (Å²) in [5, 5.41) is 6.48. The molecular weight excluding hydrogens is 290 g/mol. The molecule has 0 saturated heterocycles. The Morgan fingerprint density at radius 2 is 1.94 bits per heavy atom. The van der Waals surface area contributed by atoms with Gasteiger partial charge in [0, 0.05) is 16.7 Å². The Morgan fingerprint density at radius 1 is 1.17 bits per heavy atom. The highest BCUT2D eigenvalue weighted by molar-refractivity contribution is 9.10. The Balaban J connectivity index is 2.17. The molecule has 2 aromatic rings. The number of aryl methyl sites for hydroxylation is 1. The maximum atomic E-state index is 4.47. The van der Waals surface area contributed by atoms with E-state index in [0.717, 1.165) is 28.3 Å². The van der Waals surface area contributed by atoms with Gasteiger partial charge in [0.05, 0.1) is 0 Å². The van der Waals surface area contributed by atoms with Crippen LogP contribution in [-0.4, -0.2) is 11.5 Å². The van der Waals surface area contributed by atoms with Crippen molar-refractivity contribution >= 4 is 33.3 Å². The van der Waals surface area contributed by atoms with Gasteiger partial charge < -0.3 is 10.6 Å². The van der Waals surface area contributed by atoms with Crippen molar-refractivity contribution in [3.05, 3.63) is 46.4 Å². The van der Waals surface area contributed by atoms with Gasteiger partial charge in [-0.3, -0.25) is 0 Å². The van der Waals surface area contributed by atoms with Crippen molar-refractivity contribution in [2.75, 3.05) is 17.2 Å². The molecule has 3 nitrogen and oxygen atoms in total. The number of hydrogen-bond acceptors (Lipinski definition) is 3. The summed E-state index contributed by atoms with van der Waals surface area (Å²) in [6.45, 7) is 4.99. The summed E-state index contributed by atoms with van der Waals surface area (Å²) in [5.74, 6) is 1.72. The van der Waals surface area contributed by atoms with Crippen molar-refractivity contribution in [2.24, 2.45) is 0 Å².